The van der Waals surface area contributed by atoms with Gasteiger partial charge in [0.25, 0.3) is 12.3 Å². The number of ether oxygens (including phenoxy) is 1. The molecule has 200 valence electrons. The van der Waals surface area contributed by atoms with Gasteiger partial charge in [-0.25, -0.2) is 18.6 Å². The molecule has 0 spiro atoms. The third-order valence-electron chi connectivity index (χ3n) is 7.20. The van der Waals surface area contributed by atoms with E-state index in [-0.39, 0.29) is 17.2 Å². The van der Waals surface area contributed by atoms with E-state index in [9.17, 15) is 18.4 Å². The molecule has 2 aliphatic heterocycles. The van der Waals surface area contributed by atoms with Crippen LogP contribution in [-0.2, 0) is 18.2 Å². The molecule has 9 nitrogen and oxygen atoms in total. The van der Waals surface area contributed by atoms with E-state index in [0.717, 1.165) is 17.4 Å². The number of anilines is 3. The molecule has 0 atom stereocenters. The molecule has 2 aromatic carbocycles. The van der Waals surface area contributed by atoms with E-state index in [1.54, 1.807) is 36.3 Å². The number of benzene rings is 2. The molecule has 0 bridgehead atoms. The Morgan fingerprint density at radius 1 is 1.13 bits per heavy atom. The van der Waals surface area contributed by atoms with Crippen molar-refractivity contribution in [2.24, 2.45) is 7.05 Å². The highest BCUT2D eigenvalue weighted by Gasteiger charge is 2.28. The second kappa shape index (κ2) is 9.64. The summed E-state index contributed by atoms with van der Waals surface area (Å²) in [4.78, 5) is 33.0. The van der Waals surface area contributed by atoms with Gasteiger partial charge >= 0.3 is 6.09 Å². The van der Waals surface area contributed by atoms with Gasteiger partial charge < -0.3 is 15.0 Å². The highest BCUT2D eigenvalue weighted by Crippen LogP contribution is 2.43. The van der Waals surface area contributed by atoms with E-state index in [4.69, 9.17) is 9.72 Å². The minimum Gasteiger partial charge on any atom is -0.447 e. The molecule has 1 N–H and O–H groups in total. The Morgan fingerprint density at radius 3 is 2.67 bits per heavy atom. The number of hydrogen-bond donors (Lipinski definition) is 1. The van der Waals surface area contributed by atoms with Crippen molar-refractivity contribution in [3.8, 4) is 11.1 Å². The van der Waals surface area contributed by atoms with Crippen molar-refractivity contribution in [2.45, 2.75) is 19.3 Å². The Labute approximate surface area is 223 Å². The van der Waals surface area contributed by atoms with E-state index in [2.05, 4.69) is 10.4 Å². The summed E-state index contributed by atoms with van der Waals surface area (Å²) in [5.74, 6) is 0.110. The molecule has 4 aromatic rings. The summed E-state index contributed by atoms with van der Waals surface area (Å²) in [6.07, 6.45) is 1.64. The first-order valence-electron chi connectivity index (χ1n) is 12.7. The molecule has 6 rings (SSSR count). The molecule has 1 saturated heterocycles. The second-order valence-corrected chi connectivity index (χ2v) is 9.61. The number of pyridine rings is 1. The van der Waals surface area contributed by atoms with Crippen LogP contribution >= 0.6 is 0 Å². The normalized spacial score (nSPS) is 15.2. The second-order valence-electron chi connectivity index (χ2n) is 9.61. The van der Waals surface area contributed by atoms with Gasteiger partial charge in [-0.05, 0) is 59.7 Å². The number of nitrogens with zero attached hydrogens (tertiary/aromatic N) is 5. The van der Waals surface area contributed by atoms with Gasteiger partial charge in [0.15, 0.2) is 0 Å². The number of nitrogens with one attached hydrogen (secondary N) is 1. The monoisotopic (exact) mass is 532 g/mol. The van der Waals surface area contributed by atoms with Gasteiger partial charge in [0, 0.05) is 54.7 Å². The lowest BCUT2D eigenvalue weighted by Crippen LogP contribution is -2.28. The van der Waals surface area contributed by atoms with Crippen LogP contribution in [0.3, 0.4) is 0 Å². The van der Waals surface area contributed by atoms with Crippen LogP contribution in [-0.4, -0.2) is 53.5 Å². The standard InChI is InChI=1S/C28H26F2N6O3/c1-31-27(37)23-11-16-5-6-19(35-8-9-39-28(35)38)12-21(16)26(33-23)36-7-3-4-17-10-20(18-14-32-34(2)15-18)22(25(29)30)13-24(17)36/h5-6,10-15,25H,3-4,7-9H2,1-2H3,(H,31,37). The van der Waals surface area contributed by atoms with Crippen LogP contribution in [0.5, 0.6) is 0 Å². The predicted octanol–water partition coefficient (Wildman–Crippen LogP) is 4.97. The lowest BCUT2D eigenvalue weighted by molar-refractivity contribution is 0.0958. The molecular formula is C28H26F2N6O3. The van der Waals surface area contributed by atoms with Crippen molar-refractivity contribution in [1.29, 1.82) is 0 Å². The minimum absolute atomic E-state index is 0.0964. The molecule has 39 heavy (non-hydrogen) atoms. The van der Waals surface area contributed by atoms with E-state index in [1.165, 1.54) is 18.0 Å². The predicted molar refractivity (Wildman–Crippen MR) is 143 cm³/mol. The van der Waals surface area contributed by atoms with Crippen LogP contribution in [0, 0.1) is 0 Å². The Morgan fingerprint density at radius 2 is 1.97 bits per heavy atom. The van der Waals surface area contributed by atoms with Gasteiger partial charge in [0.05, 0.1) is 12.7 Å². The maximum Gasteiger partial charge on any atom is 0.414 e. The number of aryl methyl sites for hydroxylation is 2. The quantitative estimate of drug-likeness (QED) is 0.390. The van der Waals surface area contributed by atoms with Gasteiger partial charge in [0.2, 0.25) is 0 Å². The van der Waals surface area contributed by atoms with Crippen LogP contribution < -0.4 is 15.1 Å². The number of halogens is 2. The SMILES string of the molecule is CNC(=O)c1cc2ccc(N3CCOC3=O)cc2c(N2CCCc3cc(-c4cnn(C)c4)c(C(F)F)cc32)n1. The third-order valence-corrected chi connectivity index (χ3v) is 7.20. The first kappa shape index (κ1) is 24.8. The van der Waals surface area contributed by atoms with Crippen LogP contribution in [0.4, 0.5) is 30.8 Å². The minimum atomic E-state index is -2.70. The fraction of sp³-hybridized carbons (Fsp3) is 0.286. The van der Waals surface area contributed by atoms with Crippen molar-refractivity contribution in [3.63, 3.8) is 0 Å². The van der Waals surface area contributed by atoms with E-state index >= 15 is 0 Å². The molecule has 2 amide bonds. The summed E-state index contributed by atoms with van der Waals surface area (Å²) >= 11 is 0. The molecule has 2 aliphatic rings. The lowest BCUT2D eigenvalue weighted by atomic mass is 9.93. The maximum absolute atomic E-state index is 14.4. The molecule has 4 heterocycles. The Bertz CT molecular complexity index is 1620. The largest absolute Gasteiger partial charge is 0.447 e. The summed E-state index contributed by atoms with van der Waals surface area (Å²) in [6.45, 7) is 1.24. The number of cyclic esters (lactones) is 1. The number of amides is 2. The summed E-state index contributed by atoms with van der Waals surface area (Å²) in [7, 11) is 3.28. The molecule has 0 radical (unpaired) electrons. The van der Waals surface area contributed by atoms with E-state index in [0.29, 0.717) is 59.8 Å². The number of carbonyl (C=O) groups excluding carboxylic acids is 2. The summed E-state index contributed by atoms with van der Waals surface area (Å²) in [6, 6.07) is 10.5. The van der Waals surface area contributed by atoms with Crippen molar-refractivity contribution in [3.05, 3.63) is 65.6 Å². The number of aromatic nitrogens is 3. The zero-order valence-corrected chi connectivity index (χ0v) is 21.4. The molecular weight excluding hydrogens is 506 g/mol. The molecule has 0 saturated carbocycles. The number of fused-ring (bicyclic) bond motifs is 2. The van der Waals surface area contributed by atoms with Crippen LogP contribution in [0.2, 0.25) is 0 Å². The summed E-state index contributed by atoms with van der Waals surface area (Å²) in [5, 5.41) is 8.21. The van der Waals surface area contributed by atoms with E-state index in [1.807, 2.05) is 23.1 Å². The lowest BCUT2D eigenvalue weighted by Gasteiger charge is -2.33. The Kier molecular flexibility index (Phi) is 6.13. The van der Waals surface area contributed by atoms with Gasteiger partial charge in [-0.1, -0.05) is 6.07 Å². The van der Waals surface area contributed by atoms with Crippen LogP contribution in [0.25, 0.3) is 21.9 Å². The summed E-state index contributed by atoms with van der Waals surface area (Å²) < 4.78 is 35.5. The molecule has 11 heteroatoms. The molecule has 2 aromatic heterocycles. The average Bonchev–Trinajstić information content (AvgIpc) is 3.58. The van der Waals surface area contributed by atoms with Crippen LogP contribution in [0.1, 0.15) is 34.5 Å². The molecule has 0 unspecified atom stereocenters. The van der Waals surface area contributed by atoms with Gasteiger partial charge in [-0.15, -0.1) is 0 Å². The zero-order chi connectivity index (χ0) is 27.3. The number of rotatable bonds is 5. The fourth-order valence-electron chi connectivity index (χ4n) is 5.32. The first-order chi connectivity index (χ1) is 18.8. The summed E-state index contributed by atoms with van der Waals surface area (Å²) in [5.41, 5.74) is 3.35. The molecule has 1 fully saturated rings. The van der Waals surface area contributed by atoms with Gasteiger partial charge in [0.1, 0.15) is 18.1 Å². The highest BCUT2D eigenvalue weighted by atomic mass is 19.3. The zero-order valence-electron chi connectivity index (χ0n) is 21.4. The Hall–Kier alpha value is -4.54. The average molecular weight is 533 g/mol. The van der Waals surface area contributed by atoms with Crippen molar-refractivity contribution in [1.82, 2.24) is 20.1 Å². The fourth-order valence-corrected chi connectivity index (χ4v) is 5.32. The smallest absolute Gasteiger partial charge is 0.414 e. The Balaban J connectivity index is 1.55. The third kappa shape index (κ3) is 4.33. The van der Waals surface area contributed by atoms with Crippen LogP contribution in [0.15, 0.2) is 48.8 Å². The molecule has 0 aliphatic carbocycles. The van der Waals surface area contributed by atoms with Gasteiger partial charge in [-0.2, -0.15) is 5.10 Å². The number of hydrogen-bond acceptors (Lipinski definition) is 6. The van der Waals surface area contributed by atoms with Crippen molar-refractivity contribution in [2.75, 3.05) is 36.5 Å². The maximum atomic E-state index is 14.4. The van der Waals surface area contributed by atoms with Crippen molar-refractivity contribution >= 4 is 40.0 Å². The number of alkyl halides is 2. The van der Waals surface area contributed by atoms with Crippen molar-refractivity contribution < 1.29 is 23.1 Å². The number of carbonyl (C=O) groups is 2. The first-order valence-corrected chi connectivity index (χ1v) is 12.7. The van der Waals surface area contributed by atoms with Gasteiger partial charge in [-0.3, -0.25) is 14.4 Å². The highest BCUT2D eigenvalue weighted by molar-refractivity contribution is 6.03. The van der Waals surface area contributed by atoms with E-state index < -0.39 is 12.5 Å². The topological polar surface area (TPSA) is 92.6 Å².